The topological polar surface area (TPSA) is 90.9 Å². The van der Waals surface area contributed by atoms with Crippen molar-refractivity contribution in [2.75, 3.05) is 13.2 Å². The maximum atomic E-state index is 13.9. The van der Waals surface area contributed by atoms with E-state index in [0.29, 0.717) is 17.7 Å². The predicted molar refractivity (Wildman–Crippen MR) is 80.7 cm³/mol. The summed E-state index contributed by atoms with van der Waals surface area (Å²) in [6, 6.07) is 4.49. The molecule has 0 aliphatic rings. The van der Waals surface area contributed by atoms with Crippen LogP contribution in [0.2, 0.25) is 0 Å². The Kier molecular flexibility index (Phi) is 6.58. The van der Waals surface area contributed by atoms with Crippen molar-refractivity contribution in [2.45, 2.75) is 33.2 Å². The van der Waals surface area contributed by atoms with Gasteiger partial charge in [0.15, 0.2) is 5.84 Å². The number of aliphatic hydroxyl groups is 1. The third-order valence-electron chi connectivity index (χ3n) is 3.39. The summed E-state index contributed by atoms with van der Waals surface area (Å²) in [5, 5.41) is 23.5. The average Bonchev–Trinajstić information content (AvgIpc) is 2.46. The van der Waals surface area contributed by atoms with Crippen molar-refractivity contribution < 1.29 is 14.7 Å². The third-order valence-corrected chi connectivity index (χ3v) is 3.39. The monoisotopic (exact) mass is 297 g/mol. The summed E-state index contributed by atoms with van der Waals surface area (Å²) < 4.78 is 13.9. The molecule has 21 heavy (non-hydrogen) atoms. The third kappa shape index (κ3) is 5.69. The Bertz CT molecular complexity index is 490. The van der Waals surface area contributed by atoms with Crippen LogP contribution in [-0.4, -0.2) is 29.3 Å². The zero-order chi connectivity index (χ0) is 15.9. The fourth-order valence-electron chi connectivity index (χ4n) is 2.09. The molecule has 0 spiro atoms. The fourth-order valence-corrected chi connectivity index (χ4v) is 2.09. The molecule has 0 fully saturated rings. The first kappa shape index (κ1) is 17.4. The molecule has 1 aromatic rings. The molecule has 1 aromatic carbocycles. The fraction of sp³-hybridized carbons (Fsp3) is 0.533. The number of hydrogen-bond donors (Lipinski definition) is 4. The van der Waals surface area contributed by atoms with Crippen LogP contribution in [0.4, 0.5) is 4.39 Å². The molecule has 0 saturated carbocycles. The Balaban J connectivity index is 2.56. The smallest absolute Gasteiger partial charge is 0.170 e. The van der Waals surface area contributed by atoms with Crippen LogP contribution in [0.5, 0.6) is 0 Å². The molecule has 0 atom stereocenters. The van der Waals surface area contributed by atoms with Gasteiger partial charge in [0, 0.05) is 30.8 Å². The van der Waals surface area contributed by atoms with E-state index in [4.69, 9.17) is 16.0 Å². The van der Waals surface area contributed by atoms with Gasteiger partial charge in [-0.3, -0.25) is 0 Å². The van der Waals surface area contributed by atoms with Gasteiger partial charge >= 0.3 is 0 Å². The Morgan fingerprint density at radius 3 is 2.71 bits per heavy atom. The molecule has 1 rings (SSSR count). The van der Waals surface area contributed by atoms with Gasteiger partial charge in [0.25, 0.3) is 0 Å². The molecule has 0 radical (unpaired) electrons. The number of oxime groups is 1. The first-order valence-electron chi connectivity index (χ1n) is 6.97. The number of rotatable bonds is 8. The van der Waals surface area contributed by atoms with Crippen LogP contribution in [0, 0.1) is 11.2 Å². The number of benzene rings is 1. The van der Waals surface area contributed by atoms with Crippen LogP contribution in [0.1, 0.15) is 37.8 Å². The number of hydrogen-bond acceptors (Lipinski definition) is 4. The maximum Gasteiger partial charge on any atom is 0.170 e. The molecular formula is C15H24FN3O2. The molecule has 0 unspecified atom stereocenters. The van der Waals surface area contributed by atoms with Crippen LogP contribution in [0.3, 0.4) is 0 Å². The van der Waals surface area contributed by atoms with E-state index >= 15 is 0 Å². The van der Waals surface area contributed by atoms with Crippen LogP contribution in [-0.2, 0) is 6.54 Å². The number of amidine groups is 1. The summed E-state index contributed by atoms with van der Waals surface area (Å²) in [6.45, 7) is 5.54. The molecule has 0 saturated heterocycles. The summed E-state index contributed by atoms with van der Waals surface area (Å²) >= 11 is 0. The van der Waals surface area contributed by atoms with Crippen molar-refractivity contribution in [1.82, 2.24) is 5.32 Å². The van der Waals surface area contributed by atoms with Crippen molar-refractivity contribution >= 4 is 5.84 Å². The highest BCUT2D eigenvalue weighted by atomic mass is 19.1. The second kappa shape index (κ2) is 7.95. The second-order valence-corrected chi connectivity index (χ2v) is 5.89. The van der Waals surface area contributed by atoms with Crippen molar-refractivity contribution in [3.63, 3.8) is 0 Å². The number of nitrogens with zero attached hydrogens (tertiary/aromatic N) is 1. The Hall–Kier alpha value is -1.66. The van der Waals surface area contributed by atoms with E-state index in [1.54, 1.807) is 12.1 Å². The summed E-state index contributed by atoms with van der Waals surface area (Å²) in [4.78, 5) is 0. The minimum Gasteiger partial charge on any atom is -0.409 e. The SMILES string of the molecule is CC(C)(CCCO)CNCc1ccc(/C(N)=N/O)cc1F. The van der Waals surface area contributed by atoms with Crippen molar-refractivity contribution in [3.05, 3.63) is 35.1 Å². The van der Waals surface area contributed by atoms with E-state index in [1.807, 2.05) is 0 Å². The van der Waals surface area contributed by atoms with Crippen molar-refractivity contribution in [1.29, 1.82) is 0 Å². The normalized spacial score (nSPS) is 12.7. The highest BCUT2D eigenvalue weighted by Gasteiger charge is 2.17. The van der Waals surface area contributed by atoms with Gasteiger partial charge in [-0.05, 0) is 24.3 Å². The highest BCUT2D eigenvalue weighted by molar-refractivity contribution is 5.97. The average molecular weight is 297 g/mol. The second-order valence-electron chi connectivity index (χ2n) is 5.89. The summed E-state index contributed by atoms with van der Waals surface area (Å²) in [5.41, 5.74) is 6.34. The molecule has 118 valence electrons. The summed E-state index contributed by atoms with van der Waals surface area (Å²) in [5.74, 6) is -0.502. The highest BCUT2D eigenvalue weighted by Crippen LogP contribution is 2.21. The van der Waals surface area contributed by atoms with Gasteiger partial charge in [0.2, 0.25) is 0 Å². The number of aliphatic hydroxyl groups excluding tert-OH is 1. The van der Waals surface area contributed by atoms with E-state index in [9.17, 15) is 4.39 Å². The Morgan fingerprint density at radius 2 is 2.14 bits per heavy atom. The number of halogens is 1. The van der Waals surface area contributed by atoms with Gasteiger partial charge in [-0.1, -0.05) is 31.1 Å². The quantitative estimate of drug-likeness (QED) is 0.255. The Morgan fingerprint density at radius 1 is 1.43 bits per heavy atom. The summed E-state index contributed by atoms with van der Waals surface area (Å²) in [6.07, 6.45) is 1.67. The van der Waals surface area contributed by atoms with Gasteiger partial charge in [-0.2, -0.15) is 0 Å². The van der Waals surface area contributed by atoms with Crippen LogP contribution in [0.15, 0.2) is 23.4 Å². The van der Waals surface area contributed by atoms with E-state index in [1.165, 1.54) is 6.07 Å². The molecule has 0 bridgehead atoms. The zero-order valence-corrected chi connectivity index (χ0v) is 12.6. The van der Waals surface area contributed by atoms with Gasteiger partial charge in [0.1, 0.15) is 5.82 Å². The minimum atomic E-state index is -0.389. The van der Waals surface area contributed by atoms with Gasteiger partial charge in [-0.15, -0.1) is 0 Å². The van der Waals surface area contributed by atoms with Crippen LogP contribution >= 0.6 is 0 Å². The van der Waals surface area contributed by atoms with Crippen LogP contribution in [0.25, 0.3) is 0 Å². The first-order valence-corrected chi connectivity index (χ1v) is 6.97. The molecule has 6 heteroatoms. The molecule has 5 N–H and O–H groups in total. The first-order chi connectivity index (χ1) is 9.89. The molecule has 0 aliphatic heterocycles. The molecule has 0 heterocycles. The molecule has 0 aliphatic carbocycles. The van der Waals surface area contributed by atoms with Gasteiger partial charge in [-0.25, -0.2) is 4.39 Å². The van der Waals surface area contributed by atoms with E-state index < -0.39 is 0 Å². The van der Waals surface area contributed by atoms with Crippen molar-refractivity contribution in [3.8, 4) is 0 Å². The van der Waals surface area contributed by atoms with E-state index in [0.717, 1.165) is 19.4 Å². The summed E-state index contributed by atoms with van der Waals surface area (Å²) in [7, 11) is 0. The van der Waals surface area contributed by atoms with Gasteiger partial charge in [0.05, 0.1) is 0 Å². The molecular weight excluding hydrogens is 273 g/mol. The molecule has 0 amide bonds. The van der Waals surface area contributed by atoms with E-state index in [2.05, 4.69) is 24.3 Å². The lowest BCUT2D eigenvalue weighted by atomic mass is 9.88. The lowest BCUT2D eigenvalue weighted by Gasteiger charge is -2.24. The standard InChI is InChI=1S/C15H24FN3O2/c1-15(2,6-3-7-20)10-18-9-12-5-4-11(8-13(12)16)14(17)19-21/h4-5,8,18,20-21H,3,6-7,9-10H2,1-2H3,(H2,17,19). The van der Waals surface area contributed by atoms with E-state index in [-0.39, 0.29) is 23.7 Å². The molecule has 5 nitrogen and oxygen atoms in total. The number of nitrogens with two attached hydrogens (primary N) is 1. The maximum absolute atomic E-state index is 13.9. The minimum absolute atomic E-state index is 0.0487. The zero-order valence-electron chi connectivity index (χ0n) is 12.6. The van der Waals surface area contributed by atoms with Gasteiger partial charge < -0.3 is 21.4 Å². The predicted octanol–water partition coefficient (Wildman–Crippen LogP) is 1.81. The van der Waals surface area contributed by atoms with Crippen LogP contribution < -0.4 is 11.1 Å². The largest absolute Gasteiger partial charge is 0.409 e. The lowest BCUT2D eigenvalue weighted by molar-refractivity contribution is 0.236. The Labute approximate surface area is 124 Å². The number of nitrogens with one attached hydrogen (secondary N) is 1. The lowest BCUT2D eigenvalue weighted by Crippen LogP contribution is -2.29. The molecule has 0 aromatic heterocycles. The van der Waals surface area contributed by atoms with Crippen molar-refractivity contribution in [2.24, 2.45) is 16.3 Å².